The lowest BCUT2D eigenvalue weighted by Gasteiger charge is -2.03. The molecule has 5 heteroatoms. The Labute approximate surface area is 109 Å². The van der Waals surface area contributed by atoms with Crippen LogP contribution < -0.4 is 4.74 Å². The van der Waals surface area contributed by atoms with Crippen molar-refractivity contribution in [2.75, 3.05) is 6.61 Å². The zero-order valence-corrected chi connectivity index (χ0v) is 10.7. The molecule has 2 aromatic rings. The van der Waals surface area contributed by atoms with Gasteiger partial charge in [0.2, 0.25) is 0 Å². The van der Waals surface area contributed by atoms with Crippen LogP contribution in [-0.2, 0) is 13.0 Å². The van der Waals surface area contributed by atoms with Crippen molar-refractivity contribution >= 4 is 22.9 Å². The zero-order valence-electron chi connectivity index (χ0n) is 9.10. The Morgan fingerprint density at radius 2 is 2.29 bits per heavy atom. The van der Waals surface area contributed by atoms with Crippen molar-refractivity contribution < 1.29 is 9.84 Å². The summed E-state index contributed by atoms with van der Waals surface area (Å²) < 4.78 is 5.57. The van der Waals surface area contributed by atoms with Gasteiger partial charge in [-0.25, -0.2) is 4.98 Å². The highest BCUT2D eigenvalue weighted by Crippen LogP contribution is 2.19. The number of hydrogen-bond donors (Lipinski definition) is 1. The van der Waals surface area contributed by atoms with E-state index in [4.69, 9.17) is 21.4 Å². The van der Waals surface area contributed by atoms with E-state index >= 15 is 0 Å². The maximum absolute atomic E-state index is 8.79. The Morgan fingerprint density at radius 3 is 3.06 bits per heavy atom. The molecule has 0 atom stereocenters. The number of aromatic nitrogens is 1. The van der Waals surface area contributed by atoms with Crippen LogP contribution in [0, 0.1) is 0 Å². The SMILES string of the molecule is OCCc1csc(COc2cccc(Cl)c2)n1. The minimum Gasteiger partial charge on any atom is -0.486 e. The molecule has 0 saturated heterocycles. The van der Waals surface area contributed by atoms with Crippen LogP contribution in [0.25, 0.3) is 0 Å². The summed E-state index contributed by atoms with van der Waals surface area (Å²) in [5.74, 6) is 0.733. The van der Waals surface area contributed by atoms with Crippen molar-refractivity contribution in [3.63, 3.8) is 0 Å². The first-order valence-electron chi connectivity index (χ1n) is 5.20. The number of aliphatic hydroxyl groups excluding tert-OH is 1. The van der Waals surface area contributed by atoms with Crippen LogP contribution in [0.5, 0.6) is 5.75 Å². The van der Waals surface area contributed by atoms with E-state index in [0.29, 0.717) is 18.1 Å². The molecule has 1 heterocycles. The van der Waals surface area contributed by atoms with Crippen LogP contribution in [-0.4, -0.2) is 16.7 Å². The Hall–Kier alpha value is -1.10. The number of hydrogen-bond acceptors (Lipinski definition) is 4. The molecule has 0 aliphatic rings. The Bertz CT molecular complexity index is 487. The van der Waals surface area contributed by atoms with Gasteiger partial charge in [0.05, 0.1) is 5.69 Å². The summed E-state index contributed by atoms with van der Waals surface area (Å²) in [6, 6.07) is 7.27. The highest BCUT2D eigenvalue weighted by molar-refractivity contribution is 7.09. The predicted octanol–water partition coefficient (Wildman–Crippen LogP) is 2.91. The van der Waals surface area contributed by atoms with Crippen molar-refractivity contribution in [3.05, 3.63) is 45.4 Å². The molecule has 0 amide bonds. The van der Waals surface area contributed by atoms with Crippen LogP contribution in [0.3, 0.4) is 0 Å². The molecule has 3 nitrogen and oxygen atoms in total. The maximum atomic E-state index is 8.79. The molecule has 0 unspecified atom stereocenters. The molecule has 1 aromatic carbocycles. The highest BCUT2D eigenvalue weighted by Gasteiger charge is 2.03. The lowest BCUT2D eigenvalue weighted by atomic mass is 10.3. The van der Waals surface area contributed by atoms with Gasteiger partial charge in [0.1, 0.15) is 17.4 Å². The van der Waals surface area contributed by atoms with Crippen molar-refractivity contribution in [2.24, 2.45) is 0 Å². The molecule has 1 aromatic heterocycles. The van der Waals surface area contributed by atoms with Gasteiger partial charge in [0.25, 0.3) is 0 Å². The first-order chi connectivity index (χ1) is 8.28. The van der Waals surface area contributed by atoms with Crippen LogP contribution >= 0.6 is 22.9 Å². The molecule has 0 fully saturated rings. The van der Waals surface area contributed by atoms with Crippen molar-refractivity contribution in [3.8, 4) is 5.75 Å². The quantitative estimate of drug-likeness (QED) is 0.908. The van der Waals surface area contributed by atoms with Gasteiger partial charge >= 0.3 is 0 Å². The summed E-state index contributed by atoms with van der Waals surface area (Å²) in [6.45, 7) is 0.550. The maximum Gasteiger partial charge on any atom is 0.140 e. The number of aliphatic hydroxyl groups is 1. The molecular weight excluding hydrogens is 258 g/mol. The van der Waals surface area contributed by atoms with Gasteiger partial charge in [-0.15, -0.1) is 11.3 Å². The first kappa shape index (κ1) is 12.4. The van der Waals surface area contributed by atoms with Gasteiger partial charge in [-0.1, -0.05) is 17.7 Å². The second-order valence-corrected chi connectivity index (χ2v) is 4.83. The second kappa shape index (κ2) is 6.00. The summed E-state index contributed by atoms with van der Waals surface area (Å²) >= 11 is 7.38. The topological polar surface area (TPSA) is 42.4 Å². The lowest BCUT2D eigenvalue weighted by Crippen LogP contribution is -1.96. The molecular formula is C12H12ClNO2S. The van der Waals surface area contributed by atoms with E-state index in [1.54, 1.807) is 12.1 Å². The number of nitrogens with zero attached hydrogens (tertiary/aromatic N) is 1. The third-order valence-corrected chi connectivity index (χ3v) is 3.23. The normalized spacial score (nSPS) is 10.5. The fraction of sp³-hybridized carbons (Fsp3) is 0.250. The van der Waals surface area contributed by atoms with Crippen molar-refractivity contribution in [1.29, 1.82) is 0 Å². The molecule has 90 valence electrons. The van der Waals surface area contributed by atoms with Crippen LogP contribution in [0.4, 0.5) is 0 Å². The number of halogens is 1. The van der Waals surface area contributed by atoms with E-state index in [1.165, 1.54) is 11.3 Å². The predicted molar refractivity (Wildman–Crippen MR) is 68.7 cm³/mol. The monoisotopic (exact) mass is 269 g/mol. The zero-order chi connectivity index (χ0) is 12.1. The molecule has 0 aliphatic carbocycles. The second-order valence-electron chi connectivity index (χ2n) is 3.45. The molecule has 2 rings (SSSR count). The van der Waals surface area contributed by atoms with E-state index in [0.717, 1.165) is 16.5 Å². The van der Waals surface area contributed by atoms with Crippen molar-refractivity contribution in [2.45, 2.75) is 13.0 Å². The standard InChI is InChI=1S/C12H12ClNO2S/c13-9-2-1-3-11(6-9)16-7-12-14-10(4-5-15)8-17-12/h1-3,6,8,15H,4-5,7H2. The first-order valence-corrected chi connectivity index (χ1v) is 6.46. The summed E-state index contributed by atoms with van der Waals surface area (Å²) in [7, 11) is 0. The molecule has 0 radical (unpaired) electrons. The summed E-state index contributed by atoms with van der Waals surface area (Å²) in [4.78, 5) is 4.34. The summed E-state index contributed by atoms with van der Waals surface area (Å²) in [5, 5.41) is 12.3. The van der Waals surface area contributed by atoms with E-state index in [-0.39, 0.29) is 6.61 Å². The average molecular weight is 270 g/mol. The molecule has 17 heavy (non-hydrogen) atoms. The summed E-state index contributed by atoms with van der Waals surface area (Å²) in [6.07, 6.45) is 0.591. The Balaban J connectivity index is 1.93. The fourth-order valence-corrected chi connectivity index (χ4v) is 2.27. The third-order valence-electron chi connectivity index (χ3n) is 2.13. The Kier molecular flexibility index (Phi) is 4.36. The fourth-order valence-electron chi connectivity index (χ4n) is 1.35. The molecule has 0 aliphatic heterocycles. The van der Waals surface area contributed by atoms with E-state index in [9.17, 15) is 0 Å². The number of benzene rings is 1. The minimum absolute atomic E-state index is 0.123. The van der Waals surface area contributed by atoms with Gasteiger partial charge in [-0.3, -0.25) is 0 Å². The van der Waals surface area contributed by atoms with E-state index in [2.05, 4.69) is 4.98 Å². The van der Waals surface area contributed by atoms with Crippen LogP contribution in [0.1, 0.15) is 10.7 Å². The smallest absolute Gasteiger partial charge is 0.140 e. The van der Waals surface area contributed by atoms with Crippen LogP contribution in [0.15, 0.2) is 29.6 Å². The van der Waals surface area contributed by atoms with Crippen molar-refractivity contribution in [1.82, 2.24) is 4.98 Å². The van der Waals surface area contributed by atoms with E-state index < -0.39 is 0 Å². The number of ether oxygens (including phenoxy) is 1. The third kappa shape index (κ3) is 3.70. The van der Waals surface area contributed by atoms with Crippen LogP contribution in [0.2, 0.25) is 5.02 Å². The van der Waals surface area contributed by atoms with Gasteiger partial charge in [-0.05, 0) is 18.2 Å². The van der Waals surface area contributed by atoms with Gasteiger partial charge < -0.3 is 9.84 Å². The number of thiazole rings is 1. The average Bonchev–Trinajstić information content (AvgIpc) is 2.75. The number of rotatable bonds is 5. The Morgan fingerprint density at radius 1 is 1.41 bits per heavy atom. The van der Waals surface area contributed by atoms with E-state index in [1.807, 2.05) is 17.5 Å². The molecule has 0 saturated carbocycles. The molecule has 0 bridgehead atoms. The summed E-state index contributed by atoms with van der Waals surface area (Å²) in [5.41, 5.74) is 0.905. The highest BCUT2D eigenvalue weighted by atomic mass is 35.5. The van der Waals surface area contributed by atoms with Gasteiger partial charge in [-0.2, -0.15) is 0 Å². The largest absolute Gasteiger partial charge is 0.486 e. The molecule has 0 spiro atoms. The minimum atomic E-state index is 0.123. The van der Waals surface area contributed by atoms with Gasteiger partial charge in [0, 0.05) is 23.4 Å². The van der Waals surface area contributed by atoms with Gasteiger partial charge in [0.15, 0.2) is 0 Å². The molecule has 1 N–H and O–H groups in total. The lowest BCUT2D eigenvalue weighted by molar-refractivity contribution is 0.295.